The van der Waals surface area contributed by atoms with Gasteiger partial charge in [-0.05, 0) is 35.2 Å². The van der Waals surface area contributed by atoms with Crippen molar-refractivity contribution in [2.24, 2.45) is 5.41 Å². The van der Waals surface area contributed by atoms with Crippen LogP contribution in [0.5, 0.6) is 0 Å². The van der Waals surface area contributed by atoms with Gasteiger partial charge in [0, 0.05) is 45.8 Å². The monoisotopic (exact) mass is 338 g/mol. The van der Waals surface area contributed by atoms with E-state index in [1.807, 2.05) is 0 Å². The highest BCUT2D eigenvalue weighted by molar-refractivity contribution is 7.07. The Labute approximate surface area is 142 Å². The quantitative estimate of drug-likeness (QED) is 0.794. The molecule has 1 aromatic rings. The molecule has 3 rings (SSSR count). The van der Waals surface area contributed by atoms with Crippen LogP contribution in [0.4, 0.5) is 0 Å². The van der Waals surface area contributed by atoms with Crippen LogP contribution >= 0.6 is 11.3 Å². The number of hydrogen-bond acceptors (Lipinski definition) is 5. The van der Waals surface area contributed by atoms with Crippen LogP contribution in [0.3, 0.4) is 0 Å². The summed E-state index contributed by atoms with van der Waals surface area (Å²) in [4.78, 5) is 15.8. The normalized spacial score (nSPS) is 27.8. The first kappa shape index (κ1) is 16.9. The summed E-state index contributed by atoms with van der Waals surface area (Å²) in [6.45, 7) is 4.63. The molecule has 1 amide bonds. The molecule has 0 unspecified atom stereocenters. The number of likely N-dealkylation sites (N-methyl/N-ethyl adjacent to an activating group) is 1. The molecule has 0 aliphatic carbocycles. The molecule has 0 aromatic carbocycles. The first-order valence-electron chi connectivity index (χ1n) is 8.22. The second-order valence-corrected chi connectivity index (χ2v) is 7.66. The number of ether oxygens (including phenoxy) is 2. The van der Waals surface area contributed by atoms with Gasteiger partial charge in [0.2, 0.25) is 5.91 Å². The Hall–Kier alpha value is -0.950. The standard InChI is InChI=1S/C17H26N2O3S/c1-18(2)16(20)10-21-13-17-5-7-22-15(17)3-6-19(12-17)9-14-4-8-23-11-14/h4,8,11,15H,3,5-7,9-10,12-13H2,1-2H3/t15-,17+/m1/s1. The molecule has 0 N–H and O–H groups in total. The van der Waals surface area contributed by atoms with Gasteiger partial charge in [0.25, 0.3) is 0 Å². The fraction of sp³-hybridized carbons (Fsp3) is 0.706. The number of nitrogens with zero attached hydrogens (tertiary/aromatic N) is 2. The molecule has 6 heteroatoms. The van der Waals surface area contributed by atoms with Crippen LogP contribution in [0, 0.1) is 5.41 Å². The minimum absolute atomic E-state index is 0.0165. The van der Waals surface area contributed by atoms with Gasteiger partial charge in [-0.25, -0.2) is 0 Å². The van der Waals surface area contributed by atoms with Gasteiger partial charge in [-0.2, -0.15) is 11.3 Å². The molecule has 2 saturated heterocycles. The predicted molar refractivity (Wildman–Crippen MR) is 90.5 cm³/mol. The van der Waals surface area contributed by atoms with Crippen molar-refractivity contribution in [1.29, 1.82) is 0 Å². The molecule has 5 nitrogen and oxygen atoms in total. The van der Waals surface area contributed by atoms with E-state index in [1.165, 1.54) is 5.56 Å². The van der Waals surface area contributed by atoms with Gasteiger partial charge in [-0.3, -0.25) is 9.69 Å². The minimum atomic E-state index is 0.0165. The van der Waals surface area contributed by atoms with Gasteiger partial charge in [-0.15, -0.1) is 0 Å². The zero-order valence-corrected chi connectivity index (χ0v) is 14.8. The highest BCUT2D eigenvalue weighted by atomic mass is 32.1. The van der Waals surface area contributed by atoms with E-state index < -0.39 is 0 Å². The van der Waals surface area contributed by atoms with Crippen LogP contribution in [0.15, 0.2) is 16.8 Å². The number of hydrogen-bond donors (Lipinski definition) is 0. The molecule has 23 heavy (non-hydrogen) atoms. The predicted octanol–water partition coefficient (Wildman–Crippen LogP) is 1.83. The minimum Gasteiger partial charge on any atom is -0.377 e. The van der Waals surface area contributed by atoms with Crippen molar-refractivity contribution in [1.82, 2.24) is 9.80 Å². The van der Waals surface area contributed by atoms with Gasteiger partial charge in [0.15, 0.2) is 0 Å². The molecule has 2 aliphatic rings. The van der Waals surface area contributed by atoms with Crippen LogP contribution in [0.2, 0.25) is 0 Å². The van der Waals surface area contributed by atoms with E-state index in [9.17, 15) is 4.79 Å². The Kier molecular flexibility index (Phi) is 5.36. The third-order valence-corrected chi connectivity index (χ3v) is 5.68. The molecule has 1 aromatic heterocycles. The number of fused-ring (bicyclic) bond motifs is 1. The van der Waals surface area contributed by atoms with Crippen molar-refractivity contribution >= 4 is 17.2 Å². The van der Waals surface area contributed by atoms with E-state index >= 15 is 0 Å². The fourth-order valence-electron chi connectivity index (χ4n) is 3.59. The first-order valence-corrected chi connectivity index (χ1v) is 9.16. The van der Waals surface area contributed by atoms with E-state index in [4.69, 9.17) is 9.47 Å². The van der Waals surface area contributed by atoms with Crippen LogP contribution < -0.4 is 0 Å². The fourth-order valence-corrected chi connectivity index (χ4v) is 4.25. The Morgan fingerprint density at radius 1 is 1.57 bits per heavy atom. The van der Waals surface area contributed by atoms with Crippen LogP contribution in [-0.4, -0.2) is 68.8 Å². The van der Waals surface area contributed by atoms with E-state index in [1.54, 1.807) is 30.3 Å². The van der Waals surface area contributed by atoms with Crippen molar-refractivity contribution < 1.29 is 14.3 Å². The van der Waals surface area contributed by atoms with Crippen molar-refractivity contribution in [2.45, 2.75) is 25.5 Å². The summed E-state index contributed by atoms with van der Waals surface area (Å²) < 4.78 is 11.7. The van der Waals surface area contributed by atoms with E-state index in [0.29, 0.717) is 6.61 Å². The largest absolute Gasteiger partial charge is 0.377 e. The summed E-state index contributed by atoms with van der Waals surface area (Å²) in [5.41, 5.74) is 1.42. The molecule has 0 spiro atoms. The van der Waals surface area contributed by atoms with E-state index in [2.05, 4.69) is 21.7 Å². The number of amides is 1. The van der Waals surface area contributed by atoms with Crippen molar-refractivity contribution in [3.8, 4) is 0 Å². The molecule has 3 heterocycles. The summed E-state index contributed by atoms with van der Waals surface area (Å²) >= 11 is 1.75. The molecular formula is C17H26N2O3S. The Balaban J connectivity index is 1.58. The topological polar surface area (TPSA) is 42.0 Å². The van der Waals surface area contributed by atoms with E-state index in [-0.39, 0.29) is 24.0 Å². The first-order chi connectivity index (χ1) is 11.1. The molecule has 2 aliphatic heterocycles. The zero-order valence-electron chi connectivity index (χ0n) is 14.0. The average molecular weight is 338 g/mol. The number of thiophene rings is 1. The molecule has 2 atom stereocenters. The van der Waals surface area contributed by atoms with Gasteiger partial charge in [-0.1, -0.05) is 0 Å². The molecule has 0 bridgehead atoms. The SMILES string of the molecule is CN(C)C(=O)COC[C@@]12CCO[C@@H]1CCN(Cc1ccsc1)C2. The maximum Gasteiger partial charge on any atom is 0.248 e. The second-order valence-electron chi connectivity index (χ2n) is 6.88. The summed E-state index contributed by atoms with van der Waals surface area (Å²) in [6, 6.07) is 2.20. The summed E-state index contributed by atoms with van der Waals surface area (Å²) in [6.07, 6.45) is 2.35. The lowest BCUT2D eigenvalue weighted by Crippen LogP contribution is -2.51. The maximum atomic E-state index is 11.7. The highest BCUT2D eigenvalue weighted by Gasteiger charge is 2.48. The lowest BCUT2D eigenvalue weighted by molar-refractivity contribution is -0.136. The molecule has 0 saturated carbocycles. The Morgan fingerprint density at radius 2 is 2.43 bits per heavy atom. The lowest BCUT2D eigenvalue weighted by atomic mass is 9.77. The Morgan fingerprint density at radius 3 is 3.17 bits per heavy atom. The average Bonchev–Trinajstić information content (AvgIpc) is 3.16. The molecule has 128 valence electrons. The van der Waals surface area contributed by atoms with Gasteiger partial charge >= 0.3 is 0 Å². The zero-order chi connectivity index (χ0) is 16.3. The van der Waals surface area contributed by atoms with Crippen LogP contribution in [0.1, 0.15) is 18.4 Å². The highest BCUT2D eigenvalue weighted by Crippen LogP contribution is 2.41. The van der Waals surface area contributed by atoms with Gasteiger partial charge in [0.05, 0.1) is 12.7 Å². The van der Waals surface area contributed by atoms with Crippen LogP contribution in [-0.2, 0) is 20.8 Å². The number of likely N-dealkylation sites (tertiary alicyclic amines) is 1. The van der Waals surface area contributed by atoms with E-state index in [0.717, 1.165) is 39.1 Å². The van der Waals surface area contributed by atoms with Crippen LogP contribution in [0.25, 0.3) is 0 Å². The molecule has 2 fully saturated rings. The number of rotatable bonds is 6. The molecule has 0 radical (unpaired) electrons. The summed E-state index contributed by atoms with van der Waals surface area (Å²) in [5.74, 6) is 0.0165. The lowest BCUT2D eigenvalue weighted by Gasteiger charge is -2.43. The number of carbonyl (C=O) groups is 1. The maximum absolute atomic E-state index is 11.7. The smallest absolute Gasteiger partial charge is 0.248 e. The van der Waals surface area contributed by atoms with Crippen molar-refractivity contribution in [2.75, 3.05) is 47.0 Å². The summed E-state index contributed by atoms with van der Waals surface area (Å²) in [5, 5.41) is 4.35. The third kappa shape index (κ3) is 3.94. The van der Waals surface area contributed by atoms with Gasteiger partial charge in [0.1, 0.15) is 6.61 Å². The number of piperidine rings is 1. The third-order valence-electron chi connectivity index (χ3n) is 4.95. The van der Waals surface area contributed by atoms with Crippen molar-refractivity contribution in [3.63, 3.8) is 0 Å². The summed E-state index contributed by atoms with van der Waals surface area (Å²) in [7, 11) is 3.52. The Bertz CT molecular complexity index is 520. The van der Waals surface area contributed by atoms with Crippen molar-refractivity contribution in [3.05, 3.63) is 22.4 Å². The molecular weight excluding hydrogens is 312 g/mol. The van der Waals surface area contributed by atoms with Gasteiger partial charge < -0.3 is 14.4 Å². The number of carbonyl (C=O) groups excluding carboxylic acids is 1. The second kappa shape index (κ2) is 7.30.